The minimum Gasteiger partial charge on any atom is -0.387 e. The molecule has 0 aromatic heterocycles. The van der Waals surface area contributed by atoms with Crippen molar-refractivity contribution in [3.8, 4) is 0 Å². The summed E-state index contributed by atoms with van der Waals surface area (Å²) in [5, 5.41) is 2.88. The monoisotopic (exact) mass is 285 g/mol. The van der Waals surface area contributed by atoms with Gasteiger partial charge in [-0.3, -0.25) is 0 Å². The van der Waals surface area contributed by atoms with E-state index in [-0.39, 0.29) is 4.90 Å². The number of rotatable bonds is 5. The van der Waals surface area contributed by atoms with Crippen LogP contribution in [0.5, 0.6) is 0 Å². The highest BCUT2D eigenvalue weighted by Gasteiger charge is 2.19. The van der Waals surface area contributed by atoms with Gasteiger partial charge in [-0.15, -0.1) is 0 Å². The summed E-state index contributed by atoms with van der Waals surface area (Å²) in [4.78, 5) is 0.000420. The average Bonchev–Trinajstić information content (AvgIpc) is 2.33. The molecule has 0 saturated heterocycles. The summed E-state index contributed by atoms with van der Waals surface area (Å²) in [6.45, 7) is 3.90. The number of hydrogen-bond acceptors (Lipinski definition) is 3. The van der Waals surface area contributed by atoms with Crippen LogP contribution >= 0.6 is 0 Å². The smallest absolute Gasteiger partial charge is 0.177 e. The van der Waals surface area contributed by atoms with Crippen LogP contribution in [0.15, 0.2) is 23.1 Å². The summed E-state index contributed by atoms with van der Waals surface area (Å²) in [6, 6.07) is 2.44. The number of halogens is 1. The summed E-state index contributed by atoms with van der Waals surface area (Å²) in [6.07, 6.45) is 4.66. The maximum atomic E-state index is 13.7. The topological polar surface area (TPSA) is 46.2 Å². The normalized spacial score (nSPS) is 12.6. The lowest BCUT2D eigenvalue weighted by molar-refractivity contribution is 0.596. The van der Waals surface area contributed by atoms with Gasteiger partial charge in [0.1, 0.15) is 5.82 Å². The lowest BCUT2D eigenvalue weighted by Crippen LogP contribution is -2.07. The van der Waals surface area contributed by atoms with Gasteiger partial charge in [0, 0.05) is 18.9 Å². The van der Waals surface area contributed by atoms with Gasteiger partial charge in [0.2, 0.25) is 0 Å². The first-order chi connectivity index (χ1) is 8.85. The fraction of sp³-hybridized carbons (Fsp3) is 0.429. The molecule has 1 aromatic rings. The second kappa shape index (κ2) is 6.19. The molecule has 0 bridgehead atoms. The zero-order valence-electron chi connectivity index (χ0n) is 11.7. The zero-order chi connectivity index (χ0) is 14.6. The molecular formula is C14H20FNO2S. The summed E-state index contributed by atoms with van der Waals surface area (Å²) in [7, 11) is -1.83. The zero-order valence-corrected chi connectivity index (χ0v) is 12.6. The van der Waals surface area contributed by atoms with Crippen LogP contribution in [0, 0.1) is 5.82 Å². The number of benzene rings is 1. The molecule has 5 heteroatoms. The standard InChI is InChI=1S/C14H20FNO2S/c1-5-7-10(6-2)12-8-11(15)9-13(14(12)16-3)19(4,17)18/h6,8-9,16H,5,7H2,1-4H3/b10-6+. The van der Waals surface area contributed by atoms with E-state index in [0.717, 1.165) is 30.7 Å². The SMILES string of the molecule is C/C=C(\CCC)c1cc(F)cc(S(C)(=O)=O)c1NC. The lowest BCUT2D eigenvalue weighted by Gasteiger charge is -2.16. The minimum atomic E-state index is -3.48. The van der Waals surface area contributed by atoms with Crippen LogP contribution in [-0.2, 0) is 9.84 Å². The summed E-state index contributed by atoms with van der Waals surface area (Å²) < 4.78 is 37.2. The highest BCUT2D eigenvalue weighted by atomic mass is 32.2. The second-order valence-corrected chi connectivity index (χ2v) is 6.40. The fourth-order valence-electron chi connectivity index (χ4n) is 2.09. The van der Waals surface area contributed by atoms with Crippen molar-refractivity contribution in [2.75, 3.05) is 18.6 Å². The van der Waals surface area contributed by atoms with Crippen molar-refractivity contribution in [2.24, 2.45) is 0 Å². The van der Waals surface area contributed by atoms with Gasteiger partial charge >= 0.3 is 0 Å². The van der Waals surface area contributed by atoms with Crippen molar-refractivity contribution >= 4 is 21.1 Å². The molecule has 1 aromatic carbocycles. The molecule has 0 radical (unpaired) electrons. The van der Waals surface area contributed by atoms with E-state index in [9.17, 15) is 12.8 Å². The molecule has 0 saturated carbocycles. The molecule has 1 N–H and O–H groups in total. The van der Waals surface area contributed by atoms with Crippen molar-refractivity contribution in [2.45, 2.75) is 31.6 Å². The van der Waals surface area contributed by atoms with Gasteiger partial charge in [0.25, 0.3) is 0 Å². The quantitative estimate of drug-likeness (QED) is 0.901. The van der Waals surface area contributed by atoms with Crippen LogP contribution in [0.1, 0.15) is 32.3 Å². The van der Waals surface area contributed by atoms with E-state index in [1.165, 1.54) is 6.07 Å². The van der Waals surface area contributed by atoms with Crippen molar-refractivity contribution < 1.29 is 12.8 Å². The molecule has 0 aliphatic heterocycles. The third-order valence-electron chi connectivity index (χ3n) is 2.93. The Balaban J connectivity index is 3.61. The Morgan fingerprint density at radius 1 is 1.42 bits per heavy atom. The number of hydrogen-bond donors (Lipinski definition) is 1. The third kappa shape index (κ3) is 3.56. The summed E-state index contributed by atoms with van der Waals surface area (Å²) in [5.41, 5.74) is 2.02. The van der Waals surface area contributed by atoms with E-state index < -0.39 is 15.7 Å². The van der Waals surface area contributed by atoms with E-state index in [2.05, 4.69) is 5.32 Å². The Kier molecular flexibility index (Phi) is 5.11. The lowest BCUT2D eigenvalue weighted by atomic mass is 9.99. The van der Waals surface area contributed by atoms with Crippen molar-refractivity contribution in [3.63, 3.8) is 0 Å². The molecule has 3 nitrogen and oxygen atoms in total. The fourth-order valence-corrected chi connectivity index (χ4v) is 3.00. The number of anilines is 1. The van der Waals surface area contributed by atoms with Crippen LogP contribution in [0.2, 0.25) is 0 Å². The predicted octanol–water partition coefficient (Wildman–Crippen LogP) is 3.47. The summed E-state index contributed by atoms with van der Waals surface area (Å²) >= 11 is 0. The van der Waals surface area contributed by atoms with Crippen LogP contribution in [0.25, 0.3) is 5.57 Å². The highest BCUT2D eigenvalue weighted by molar-refractivity contribution is 7.90. The first-order valence-electron chi connectivity index (χ1n) is 6.22. The molecule has 0 spiro atoms. The van der Waals surface area contributed by atoms with Gasteiger partial charge in [-0.2, -0.15) is 0 Å². The molecule has 1 rings (SSSR count). The van der Waals surface area contributed by atoms with Gasteiger partial charge < -0.3 is 5.32 Å². The largest absolute Gasteiger partial charge is 0.387 e. The highest BCUT2D eigenvalue weighted by Crippen LogP contribution is 2.33. The molecule has 0 aliphatic rings. The molecule has 0 aliphatic carbocycles. The minimum absolute atomic E-state index is 0.000420. The van der Waals surface area contributed by atoms with Gasteiger partial charge in [-0.1, -0.05) is 19.4 Å². The number of sulfone groups is 1. The summed E-state index contributed by atoms with van der Waals surface area (Å²) in [5.74, 6) is -0.537. The Labute approximate surface area is 114 Å². The van der Waals surface area contributed by atoms with Gasteiger partial charge in [0.15, 0.2) is 9.84 Å². The van der Waals surface area contributed by atoms with E-state index in [1.807, 2.05) is 19.9 Å². The van der Waals surface area contributed by atoms with Crippen LogP contribution in [-0.4, -0.2) is 21.7 Å². The first kappa shape index (κ1) is 15.7. The van der Waals surface area contributed by atoms with Crippen LogP contribution in [0.4, 0.5) is 10.1 Å². The molecule has 0 unspecified atom stereocenters. The number of allylic oxidation sites excluding steroid dienone is 2. The van der Waals surface area contributed by atoms with Gasteiger partial charge in [0.05, 0.1) is 10.6 Å². The van der Waals surface area contributed by atoms with E-state index in [0.29, 0.717) is 11.3 Å². The molecular weight excluding hydrogens is 265 g/mol. The Morgan fingerprint density at radius 2 is 2.05 bits per heavy atom. The maximum absolute atomic E-state index is 13.7. The van der Waals surface area contributed by atoms with Crippen molar-refractivity contribution in [3.05, 3.63) is 29.6 Å². The molecule has 0 fully saturated rings. The molecule has 19 heavy (non-hydrogen) atoms. The van der Waals surface area contributed by atoms with Crippen molar-refractivity contribution in [1.29, 1.82) is 0 Å². The maximum Gasteiger partial charge on any atom is 0.177 e. The van der Waals surface area contributed by atoms with E-state index in [1.54, 1.807) is 7.05 Å². The second-order valence-electron chi connectivity index (χ2n) is 4.41. The first-order valence-corrected chi connectivity index (χ1v) is 8.11. The van der Waals surface area contributed by atoms with Gasteiger partial charge in [-0.05, 0) is 31.1 Å². The molecule has 0 amide bonds. The predicted molar refractivity (Wildman–Crippen MR) is 77.6 cm³/mol. The Bertz CT molecular complexity index is 592. The van der Waals surface area contributed by atoms with Crippen LogP contribution < -0.4 is 5.32 Å². The molecule has 106 valence electrons. The van der Waals surface area contributed by atoms with Gasteiger partial charge in [-0.25, -0.2) is 12.8 Å². The van der Waals surface area contributed by atoms with Crippen molar-refractivity contribution in [1.82, 2.24) is 0 Å². The Hall–Kier alpha value is -1.36. The van der Waals surface area contributed by atoms with E-state index >= 15 is 0 Å². The molecule has 0 atom stereocenters. The van der Waals surface area contributed by atoms with E-state index in [4.69, 9.17) is 0 Å². The van der Waals surface area contributed by atoms with Crippen LogP contribution in [0.3, 0.4) is 0 Å². The third-order valence-corrected chi connectivity index (χ3v) is 4.05. The number of nitrogens with one attached hydrogen (secondary N) is 1. The molecule has 0 heterocycles. The average molecular weight is 285 g/mol. The Morgan fingerprint density at radius 3 is 2.47 bits per heavy atom.